The summed E-state index contributed by atoms with van der Waals surface area (Å²) in [4.78, 5) is 26.0. The zero-order valence-electron chi connectivity index (χ0n) is 6.97. The topological polar surface area (TPSA) is 70.5 Å². The number of anilines is 1. The second-order valence-corrected chi connectivity index (χ2v) is 2.36. The summed E-state index contributed by atoms with van der Waals surface area (Å²) in [5, 5.41) is 8.39. The average Bonchev–Trinajstić information content (AvgIpc) is 2.17. The number of carboxylic acid groups (broad SMARTS) is 1. The number of carbonyl (C=O) groups excluding carboxylic acids is 1. The molecule has 1 aromatic rings. The molecule has 0 fully saturated rings. The Balaban J connectivity index is 2.86. The second-order valence-electron chi connectivity index (χ2n) is 2.36. The minimum Gasteiger partial charge on any atom is -0.474 e. The molecule has 1 heterocycles. The van der Waals surface area contributed by atoms with Gasteiger partial charge in [0.25, 0.3) is 0 Å². The second kappa shape index (κ2) is 3.66. The van der Waals surface area contributed by atoms with E-state index in [1.165, 1.54) is 13.2 Å². The van der Waals surface area contributed by atoms with Crippen molar-refractivity contribution in [2.75, 3.05) is 11.9 Å². The van der Waals surface area contributed by atoms with E-state index in [0.29, 0.717) is 5.82 Å². The van der Waals surface area contributed by atoms with E-state index in [1.807, 2.05) is 0 Å². The third-order valence-corrected chi connectivity index (χ3v) is 1.48. The summed E-state index contributed by atoms with van der Waals surface area (Å²) in [6.07, 6.45) is 1.49. The van der Waals surface area contributed by atoms with Gasteiger partial charge in [-0.15, -0.1) is 0 Å². The van der Waals surface area contributed by atoms with Crippen LogP contribution in [-0.4, -0.2) is 29.0 Å². The molecule has 0 aliphatic heterocycles. The van der Waals surface area contributed by atoms with Crippen LogP contribution in [-0.2, 0) is 9.59 Å². The third-order valence-electron chi connectivity index (χ3n) is 1.48. The maximum Gasteiger partial charge on any atom is 0.395 e. The summed E-state index contributed by atoms with van der Waals surface area (Å²) in [5.41, 5.74) is 0. The van der Waals surface area contributed by atoms with Crippen molar-refractivity contribution in [2.24, 2.45) is 0 Å². The number of likely N-dealkylation sites (N-methyl/N-ethyl adjacent to an activating group) is 1. The normalized spacial score (nSPS) is 9.31. The number of carbonyl (C=O) groups is 2. The van der Waals surface area contributed by atoms with Crippen molar-refractivity contribution in [2.45, 2.75) is 0 Å². The highest BCUT2D eigenvalue weighted by Crippen LogP contribution is 2.06. The third kappa shape index (κ3) is 2.02. The average molecular weight is 180 g/mol. The van der Waals surface area contributed by atoms with Crippen molar-refractivity contribution in [1.82, 2.24) is 4.98 Å². The quantitative estimate of drug-likeness (QED) is 0.623. The van der Waals surface area contributed by atoms with Gasteiger partial charge in [0, 0.05) is 13.2 Å². The summed E-state index contributed by atoms with van der Waals surface area (Å²) in [7, 11) is 1.36. The molecular formula is C8H8N2O3. The molecule has 0 atom stereocenters. The first-order valence-corrected chi connectivity index (χ1v) is 3.55. The van der Waals surface area contributed by atoms with Gasteiger partial charge in [-0.25, -0.2) is 9.78 Å². The van der Waals surface area contributed by atoms with Crippen LogP contribution in [0.3, 0.4) is 0 Å². The molecule has 0 aliphatic rings. The Morgan fingerprint density at radius 3 is 2.62 bits per heavy atom. The van der Waals surface area contributed by atoms with Gasteiger partial charge in [-0.2, -0.15) is 0 Å². The predicted octanol–water partition coefficient (Wildman–Crippen LogP) is 0.129. The van der Waals surface area contributed by atoms with Crippen molar-refractivity contribution in [3.05, 3.63) is 24.4 Å². The summed E-state index contributed by atoms with van der Waals surface area (Å²) < 4.78 is 0. The monoisotopic (exact) mass is 180 g/mol. The van der Waals surface area contributed by atoms with E-state index in [4.69, 9.17) is 5.11 Å². The Hall–Kier alpha value is -1.91. The van der Waals surface area contributed by atoms with Crippen molar-refractivity contribution in [1.29, 1.82) is 0 Å². The zero-order chi connectivity index (χ0) is 9.84. The molecule has 0 unspecified atom stereocenters. The minimum atomic E-state index is -1.49. The molecule has 1 N–H and O–H groups in total. The first kappa shape index (κ1) is 9.18. The number of aliphatic carboxylic acids is 1. The molecule has 0 aliphatic carbocycles. The molecule has 0 saturated carbocycles. The maximum absolute atomic E-state index is 10.9. The summed E-state index contributed by atoms with van der Waals surface area (Å²) in [5.74, 6) is -2.18. The lowest BCUT2D eigenvalue weighted by Gasteiger charge is -2.12. The van der Waals surface area contributed by atoms with E-state index in [0.717, 1.165) is 4.90 Å². The van der Waals surface area contributed by atoms with Crippen molar-refractivity contribution in [3.63, 3.8) is 0 Å². The van der Waals surface area contributed by atoms with Crippen LogP contribution in [0.25, 0.3) is 0 Å². The van der Waals surface area contributed by atoms with Gasteiger partial charge >= 0.3 is 11.9 Å². The molecular weight excluding hydrogens is 172 g/mol. The van der Waals surface area contributed by atoms with E-state index in [9.17, 15) is 9.59 Å². The van der Waals surface area contributed by atoms with Crippen LogP contribution in [0.15, 0.2) is 24.4 Å². The zero-order valence-corrected chi connectivity index (χ0v) is 6.97. The number of aromatic nitrogens is 1. The molecule has 0 saturated heterocycles. The summed E-state index contributed by atoms with van der Waals surface area (Å²) in [6, 6.07) is 4.91. The molecule has 0 spiro atoms. The van der Waals surface area contributed by atoms with Crippen molar-refractivity contribution < 1.29 is 14.7 Å². The van der Waals surface area contributed by atoms with Gasteiger partial charge in [-0.05, 0) is 12.1 Å². The van der Waals surface area contributed by atoms with Gasteiger partial charge < -0.3 is 5.11 Å². The van der Waals surface area contributed by atoms with Gasteiger partial charge in [0.05, 0.1) is 0 Å². The minimum absolute atomic E-state index is 0.315. The fourth-order valence-electron chi connectivity index (χ4n) is 0.800. The van der Waals surface area contributed by atoms with E-state index >= 15 is 0 Å². The number of hydrogen-bond donors (Lipinski definition) is 1. The van der Waals surface area contributed by atoms with Gasteiger partial charge in [-0.3, -0.25) is 9.69 Å². The van der Waals surface area contributed by atoms with Crippen LogP contribution < -0.4 is 4.90 Å². The van der Waals surface area contributed by atoms with E-state index in [-0.39, 0.29) is 0 Å². The number of rotatable bonds is 1. The Bertz CT molecular complexity index is 323. The Kier molecular flexibility index (Phi) is 2.59. The first-order valence-electron chi connectivity index (χ1n) is 3.55. The molecule has 5 nitrogen and oxygen atoms in total. The Labute approximate surface area is 74.6 Å². The molecule has 13 heavy (non-hydrogen) atoms. The van der Waals surface area contributed by atoms with Gasteiger partial charge in [-0.1, -0.05) is 6.07 Å². The van der Waals surface area contributed by atoms with Crippen LogP contribution in [0.4, 0.5) is 5.82 Å². The van der Waals surface area contributed by atoms with Gasteiger partial charge in [0.1, 0.15) is 5.82 Å². The van der Waals surface area contributed by atoms with Gasteiger partial charge in [0.2, 0.25) is 0 Å². The molecule has 0 bridgehead atoms. The Morgan fingerprint density at radius 2 is 2.15 bits per heavy atom. The fraction of sp³-hybridized carbons (Fsp3) is 0.125. The molecule has 1 amide bonds. The molecule has 5 heteroatoms. The van der Waals surface area contributed by atoms with Crippen LogP contribution >= 0.6 is 0 Å². The van der Waals surface area contributed by atoms with Crippen LogP contribution in [0, 0.1) is 0 Å². The number of pyridine rings is 1. The number of nitrogens with zero attached hydrogens (tertiary/aromatic N) is 2. The highest BCUT2D eigenvalue weighted by molar-refractivity contribution is 6.36. The van der Waals surface area contributed by atoms with E-state index in [1.54, 1.807) is 18.2 Å². The van der Waals surface area contributed by atoms with Crippen LogP contribution in [0.1, 0.15) is 0 Å². The van der Waals surface area contributed by atoms with Gasteiger partial charge in [0.15, 0.2) is 0 Å². The van der Waals surface area contributed by atoms with Crippen LogP contribution in [0.2, 0.25) is 0 Å². The van der Waals surface area contributed by atoms with E-state index in [2.05, 4.69) is 4.98 Å². The lowest BCUT2D eigenvalue weighted by Crippen LogP contribution is -2.33. The number of amides is 1. The lowest BCUT2D eigenvalue weighted by molar-refractivity contribution is -0.148. The number of carboxylic acids is 1. The smallest absolute Gasteiger partial charge is 0.395 e. The van der Waals surface area contributed by atoms with Crippen molar-refractivity contribution >= 4 is 17.7 Å². The first-order chi connectivity index (χ1) is 6.13. The number of hydrogen-bond acceptors (Lipinski definition) is 3. The summed E-state index contributed by atoms with van der Waals surface area (Å²) in [6.45, 7) is 0. The van der Waals surface area contributed by atoms with Crippen molar-refractivity contribution in [3.8, 4) is 0 Å². The Morgan fingerprint density at radius 1 is 1.46 bits per heavy atom. The van der Waals surface area contributed by atoms with E-state index < -0.39 is 11.9 Å². The summed E-state index contributed by atoms with van der Waals surface area (Å²) >= 11 is 0. The maximum atomic E-state index is 10.9. The lowest BCUT2D eigenvalue weighted by atomic mass is 10.4. The highest BCUT2D eigenvalue weighted by atomic mass is 16.4. The fourth-order valence-corrected chi connectivity index (χ4v) is 0.800. The standard InChI is InChI=1S/C8H8N2O3/c1-10(7(11)8(12)13)6-4-2-3-5-9-6/h2-5H,1H3,(H,12,13). The molecule has 0 radical (unpaired) electrons. The largest absolute Gasteiger partial charge is 0.474 e. The molecule has 0 aromatic carbocycles. The molecule has 1 rings (SSSR count). The molecule has 1 aromatic heterocycles. The SMILES string of the molecule is CN(C(=O)C(=O)O)c1ccccn1. The highest BCUT2D eigenvalue weighted by Gasteiger charge is 2.18. The molecule has 68 valence electrons. The van der Waals surface area contributed by atoms with Crippen LogP contribution in [0.5, 0.6) is 0 Å². The predicted molar refractivity (Wildman–Crippen MR) is 45.3 cm³/mol.